The summed E-state index contributed by atoms with van der Waals surface area (Å²) in [4.78, 5) is 42.7. The van der Waals surface area contributed by atoms with Gasteiger partial charge >= 0.3 is 5.97 Å². The van der Waals surface area contributed by atoms with Crippen LogP contribution in [-0.2, 0) is 19.1 Å². The Labute approximate surface area is 173 Å². The van der Waals surface area contributed by atoms with E-state index >= 15 is 0 Å². The monoisotopic (exact) mass is 404 g/mol. The fraction of sp³-hybridized carbons (Fsp3) is 0.261. The van der Waals surface area contributed by atoms with Gasteiger partial charge in [0.2, 0.25) is 11.8 Å². The summed E-state index contributed by atoms with van der Waals surface area (Å²) < 4.78 is 10.2. The molecule has 152 valence electrons. The number of anilines is 1. The lowest BCUT2D eigenvalue weighted by Crippen LogP contribution is -2.44. The van der Waals surface area contributed by atoms with E-state index in [2.05, 4.69) is 0 Å². The maximum absolute atomic E-state index is 13.5. The van der Waals surface area contributed by atoms with Crippen molar-refractivity contribution in [3.8, 4) is 5.75 Å². The molecule has 30 heavy (non-hydrogen) atoms. The number of esters is 1. The van der Waals surface area contributed by atoms with Crippen LogP contribution in [0.25, 0.3) is 6.08 Å². The summed E-state index contributed by atoms with van der Waals surface area (Å²) in [5.74, 6) is -2.06. The second-order valence-electron chi connectivity index (χ2n) is 7.57. The predicted molar refractivity (Wildman–Crippen MR) is 108 cm³/mol. The van der Waals surface area contributed by atoms with Crippen molar-refractivity contribution in [1.29, 1.82) is 0 Å². The number of ether oxygens (including phenoxy) is 2. The third-order valence-corrected chi connectivity index (χ3v) is 6.23. The van der Waals surface area contributed by atoms with Gasteiger partial charge in [-0.15, -0.1) is 0 Å². The average Bonchev–Trinajstić information content (AvgIpc) is 3.26. The number of fused-ring (bicyclic) bond motifs is 5. The van der Waals surface area contributed by atoms with Crippen LogP contribution in [0.2, 0.25) is 0 Å². The number of amides is 2. The Morgan fingerprint density at radius 1 is 0.933 bits per heavy atom. The van der Waals surface area contributed by atoms with Gasteiger partial charge in [-0.1, -0.05) is 24.3 Å². The molecule has 4 unspecified atom stereocenters. The average molecular weight is 404 g/mol. The molecule has 7 heteroatoms. The van der Waals surface area contributed by atoms with E-state index in [9.17, 15) is 14.4 Å². The van der Waals surface area contributed by atoms with Crippen molar-refractivity contribution in [2.45, 2.75) is 12.1 Å². The maximum atomic E-state index is 13.5. The van der Waals surface area contributed by atoms with Crippen molar-refractivity contribution < 1.29 is 23.9 Å². The van der Waals surface area contributed by atoms with E-state index in [1.165, 1.54) is 12.0 Å². The zero-order valence-corrected chi connectivity index (χ0v) is 16.5. The smallest absolute Gasteiger partial charge is 0.329 e. The number of nitrogens with zero attached hydrogens (tertiary/aromatic N) is 2. The van der Waals surface area contributed by atoms with Gasteiger partial charge in [0.1, 0.15) is 11.8 Å². The first-order chi connectivity index (χ1) is 14.6. The fourth-order valence-electron chi connectivity index (χ4n) is 4.93. The number of benzene rings is 2. The number of hydrogen-bond donors (Lipinski definition) is 0. The van der Waals surface area contributed by atoms with Crippen LogP contribution in [-0.4, -0.2) is 42.9 Å². The van der Waals surface area contributed by atoms with Crippen molar-refractivity contribution in [1.82, 2.24) is 4.90 Å². The summed E-state index contributed by atoms with van der Waals surface area (Å²) in [6.45, 7) is 0. The van der Waals surface area contributed by atoms with Gasteiger partial charge in [-0.3, -0.25) is 9.59 Å². The minimum atomic E-state index is -0.852. The SMILES string of the molecule is COC(=O)C1C2C(=O)N(c3ccc(OC)cc3)C(=O)C2C2c3ccccc3C=CN12. The van der Waals surface area contributed by atoms with E-state index in [-0.39, 0.29) is 11.8 Å². The van der Waals surface area contributed by atoms with Gasteiger partial charge in [0.15, 0.2) is 0 Å². The first-order valence-electron chi connectivity index (χ1n) is 9.71. The summed E-state index contributed by atoms with van der Waals surface area (Å²) in [7, 11) is 2.85. The van der Waals surface area contributed by atoms with Gasteiger partial charge in [0.25, 0.3) is 0 Å². The van der Waals surface area contributed by atoms with Gasteiger partial charge in [-0.05, 0) is 41.5 Å². The molecule has 0 aliphatic carbocycles. The van der Waals surface area contributed by atoms with Gasteiger partial charge < -0.3 is 14.4 Å². The van der Waals surface area contributed by atoms with Crippen LogP contribution in [0.1, 0.15) is 17.2 Å². The lowest BCUT2D eigenvalue weighted by Gasteiger charge is -2.34. The lowest BCUT2D eigenvalue weighted by atomic mass is 9.84. The van der Waals surface area contributed by atoms with Crippen LogP contribution in [0.3, 0.4) is 0 Å². The predicted octanol–water partition coefficient (Wildman–Crippen LogP) is 2.38. The molecule has 2 aromatic carbocycles. The molecular weight excluding hydrogens is 384 g/mol. The van der Waals surface area contributed by atoms with E-state index in [0.717, 1.165) is 11.1 Å². The van der Waals surface area contributed by atoms with Crippen molar-refractivity contribution in [2.24, 2.45) is 11.8 Å². The number of carbonyl (C=O) groups is 3. The lowest BCUT2D eigenvalue weighted by molar-refractivity contribution is -0.148. The van der Waals surface area contributed by atoms with E-state index in [1.807, 2.05) is 35.2 Å². The van der Waals surface area contributed by atoms with Crippen molar-refractivity contribution in [3.63, 3.8) is 0 Å². The third kappa shape index (κ3) is 2.41. The Morgan fingerprint density at radius 2 is 1.63 bits per heavy atom. The number of imide groups is 1. The van der Waals surface area contributed by atoms with Crippen LogP contribution < -0.4 is 9.64 Å². The Morgan fingerprint density at radius 3 is 2.33 bits per heavy atom. The van der Waals surface area contributed by atoms with Crippen molar-refractivity contribution >= 4 is 29.5 Å². The first-order valence-corrected chi connectivity index (χ1v) is 9.71. The minimum Gasteiger partial charge on any atom is -0.497 e. The molecule has 2 aromatic rings. The zero-order valence-electron chi connectivity index (χ0n) is 16.5. The topological polar surface area (TPSA) is 76.1 Å². The zero-order chi connectivity index (χ0) is 21.0. The molecule has 3 aliphatic heterocycles. The molecule has 7 nitrogen and oxygen atoms in total. The second kappa shape index (κ2) is 6.73. The van der Waals surface area contributed by atoms with Crippen molar-refractivity contribution in [3.05, 3.63) is 65.9 Å². The van der Waals surface area contributed by atoms with Crippen LogP contribution >= 0.6 is 0 Å². The van der Waals surface area contributed by atoms with Gasteiger partial charge in [0.05, 0.1) is 37.8 Å². The van der Waals surface area contributed by atoms with E-state index in [1.54, 1.807) is 37.6 Å². The summed E-state index contributed by atoms with van der Waals surface area (Å²) in [6.07, 6.45) is 3.70. The standard InChI is InChI=1S/C23H20N2O5/c1-29-15-9-7-14(8-10-15)25-21(26)17-18(22(25)27)20(23(28)30-2)24-12-11-13-5-3-4-6-16(13)19(17)24/h3-12,17-20H,1-2H3. The Hall–Kier alpha value is -3.61. The summed E-state index contributed by atoms with van der Waals surface area (Å²) >= 11 is 0. The molecule has 2 fully saturated rings. The number of rotatable bonds is 3. The van der Waals surface area contributed by atoms with E-state index < -0.39 is 29.9 Å². The van der Waals surface area contributed by atoms with Crippen LogP contribution in [0.4, 0.5) is 5.69 Å². The number of carbonyl (C=O) groups excluding carboxylic acids is 3. The highest BCUT2D eigenvalue weighted by Gasteiger charge is 2.65. The Balaban J connectivity index is 1.62. The highest BCUT2D eigenvalue weighted by atomic mass is 16.5. The molecule has 3 heterocycles. The van der Waals surface area contributed by atoms with Gasteiger partial charge in [-0.25, -0.2) is 9.69 Å². The Bertz CT molecular complexity index is 1080. The number of methoxy groups -OCH3 is 2. The van der Waals surface area contributed by atoms with Crippen LogP contribution in [0, 0.1) is 11.8 Å². The molecule has 2 saturated heterocycles. The highest BCUT2D eigenvalue weighted by Crippen LogP contribution is 2.53. The molecule has 3 aliphatic rings. The molecule has 0 radical (unpaired) electrons. The summed E-state index contributed by atoms with van der Waals surface area (Å²) in [5.41, 5.74) is 2.38. The molecule has 0 N–H and O–H groups in total. The molecule has 0 aromatic heterocycles. The summed E-state index contributed by atoms with van der Waals surface area (Å²) in [5, 5.41) is 0. The third-order valence-electron chi connectivity index (χ3n) is 6.23. The fourth-order valence-corrected chi connectivity index (χ4v) is 4.93. The highest BCUT2D eigenvalue weighted by molar-refractivity contribution is 6.23. The normalized spacial score (nSPS) is 26.3. The quantitative estimate of drug-likeness (QED) is 0.578. The minimum absolute atomic E-state index is 0.304. The molecule has 0 saturated carbocycles. The molecule has 2 amide bonds. The summed E-state index contributed by atoms with van der Waals surface area (Å²) in [6, 6.07) is 13.2. The number of hydrogen-bond acceptors (Lipinski definition) is 6. The molecule has 4 atom stereocenters. The van der Waals surface area contributed by atoms with Gasteiger partial charge in [0, 0.05) is 6.20 Å². The van der Waals surface area contributed by atoms with Gasteiger partial charge in [-0.2, -0.15) is 0 Å². The molecule has 5 rings (SSSR count). The Kier molecular flexibility index (Phi) is 4.13. The van der Waals surface area contributed by atoms with E-state index in [4.69, 9.17) is 9.47 Å². The van der Waals surface area contributed by atoms with E-state index in [0.29, 0.717) is 11.4 Å². The van der Waals surface area contributed by atoms with Crippen molar-refractivity contribution in [2.75, 3.05) is 19.1 Å². The largest absolute Gasteiger partial charge is 0.497 e. The maximum Gasteiger partial charge on any atom is 0.329 e. The molecule has 0 spiro atoms. The molecular formula is C23H20N2O5. The second-order valence-corrected chi connectivity index (χ2v) is 7.57. The van der Waals surface area contributed by atoms with Crippen LogP contribution in [0.15, 0.2) is 54.7 Å². The van der Waals surface area contributed by atoms with Crippen LogP contribution in [0.5, 0.6) is 5.75 Å². The molecule has 0 bridgehead atoms. The first kappa shape index (κ1) is 18.4.